The second kappa shape index (κ2) is 4.11. The second-order valence-electron chi connectivity index (χ2n) is 3.69. The van der Waals surface area contributed by atoms with Crippen molar-refractivity contribution in [3.63, 3.8) is 0 Å². The highest BCUT2D eigenvalue weighted by atomic mass is 79.9. The molecule has 0 atom stereocenters. The van der Waals surface area contributed by atoms with Crippen LogP contribution in [0.5, 0.6) is 0 Å². The lowest BCUT2D eigenvalue weighted by Gasteiger charge is -1.99. The Balaban J connectivity index is 1.79. The number of rotatable bonds is 4. The van der Waals surface area contributed by atoms with Gasteiger partial charge in [-0.2, -0.15) is 0 Å². The maximum absolute atomic E-state index is 3.53. The van der Waals surface area contributed by atoms with Gasteiger partial charge in [-0.05, 0) is 54.2 Å². The quantitative estimate of drug-likeness (QED) is 0.875. The van der Waals surface area contributed by atoms with Gasteiger partial charge in [0.1, 0.15) is 0 Å². The molecule has 1 saturated carbocycles. The van der Waals surface area contributed by atoms with Crippen LogP contribution < -0.4 is 5.32 Å². The molecule has 1 heterocycles. The summed E-state index contributed by atoms with van der Waals surface area (Å²) in [5.74, 6) is 0.976. The molecule has 1 nitrogen and oxygen atoms in total. The molecule has 0 aromatic carbocycles. The van der Waals surface area contributed by atoms with Crippen molar-refractivity contribution in [1.29, 1.82) is 0 Å². The van der Waals surface area contributed by atoms with Crippen molar-refractivity contribution in [2.45, 2.75) is 26.3 Å². The Hall–Kier alpha value is 0.140. The molecule has 3 heteroatoms. The van der Waals surface area contributed by atoms with Crippen LogP contribution in [0.4, 0.5) is 0 Å². The summed E-state index contributed by atoms with van der Waals surface area (Å²) in [5.41, 5.74) is 0. The maximum Gasteiger partial charge on any atom is 0.0314 e. The molecule has 0 unspecified atom stereocenters. The molecular weight excluding hydrogens is 246 g/mol. The van der Waals surface area contributed by atoms with Gasteiger partial charge in [-0.15, -0.1) is 11.3 Å². The lowest BCUT2D eigenvalue weighted by molar-refractivity contribution is 0.643. The van der Waals surface area contributed by atoms with Gasteiger partial charge in [0.15, 0.2) is 0 Å². The van der Waals surface area contributed by atoms with Gasteiger partial charge in [0.25, 0.3) is 0 Å². The first-order valence-corrected chi connectivity index (χ1v) is 6.32. The van der Waals surface area contributed by atoms with Crippen molar-refractivity contribution in [3.05, 3.63) is 20.3 Å². The minimum absolute atomic E-state index is 0.976. The Labute approximate surface area is 91.7 Å². The summed E-state index contributed by atoms with van der Waals surface area (Å²) < 4.78 is 1.25. The van der Waals surface area contributed by atoms with Crippen molar-refractivity contribution in [2.75, 3.05) is 6.54 Å². The second-order valence-corrected chi connectivity index (χ2v) is 5.89. The Morgan fingerprint density at radius 2 is 2.38 bits per heavy atom. The molecule has 1 N–H and O–H groups in total. The highest BCUT2D eigenvalue weighted by Crippen LogP contribution is 2.29. The van der Waals surface area contributed by atoms with Gasteiger partial charge in [0.05, 0.1) is 0 Å². The van der Waals surface area contributed by atoms with Crippen LogP contribution in [-0.4, -0.2) is 6.54 Å². The third-order valence-electron chi connectivity index (χ3n) is 2.34. The summed E-state index contributed by atoms with van der Waals surface area (Å²) >= 11 is 5.41. The van der Waals surface area contributed by atoms with E-state index in [1.165, 1.54) is 33.6 Å². The summed E-state index contributed by atoms with van der Waals surface area (Å²) in [6.45, 7) is 4.39. The highest BCUT2D eigenvalue weighted by molar-refractivity contribution is 9.10. The third-order valence-corrected chi connectivity index (χ3v) is 4.47. The van der Waals surface area contributed by atoms with E-state index < -0.39 is 0 Å². The van der Waals surface area contributed by atoms with Crippen LogP contribution in [-0.2, 0) is 6.54 Å². The van der Waals surface area contributed by atoms with Gasteiger partial charge >= 0.3 is 0 Å². The van der Waals surface area contributed by atoms with Gasteiger partial charge in [0.2, 0.25) is 0 Å². The molecule has 1 fully saturated rings. The van der Waals surface area contributed by atoms with Crippen molar-refractivity contribution >= 4 is 27.3 Å². The van der Waals surface area contributed by atoms with E-state index in [0.717, 1.165) is 12.5 Å². The summed E-state index contributed by atoms with van der Waals surface area (Å²) in [5, 5.41) is 3.49. The van der Waals surface area contributed by atoms with E-state index in [9.17, 15) is 0 Å². The highest BCUT2D eigenvalue weighted by Gasteiger charge is 2.20. The van der Waals surface area contributed by atoms with Crippen molar-refractivity contribution in [2.24, 2.45) is 5.92 Å². The van der Waals surface area contributed by atoms with Crippen LogP contribution in [0.3, 0.4) is 0 Å². The van der Waals surface area contributed by atoms with Crippen LogP contribution in [0.1, 0.15) is 22.6 Å². The number of aryl methyl sites for hydroxylation is 1. The molecule has 1 aliphatic carbocycles. The summed E-state index contributed by atoms with van der Waals surface area (Å²) in [6, 6.07) is 2.22. The van der Waals surface area contributed by atoms with Gasteiger partial charge < -0.3 is 5.32 Å². The van der Waals surface area contributed by atoms with E-state index in [4.69, 9.17) is 0 Å². The molecule has 0 saturated heterocycles. The van der Waals surface area contributed by atoms with Crippen molar-refractivity contribution in [3.8, 4) is 0 Å². The normalized spacial score (nSPS) is 16.5. The fourth-order valence-electron chi connectivity index (χ4n) is 1.33. The SMILES string of the molecule is Cc1sc(CNCC2CC2)cc1Br. The van der Waals surface area contributed by atoms with E-state index in [-0.39, 0.29) is 0 Å². The van der Waals surface area contributed by atoms with Crippen molar-refractivity contribution < 1.29 is 0 Å². The van der Waals surface area contributed by atoms with Crippen LogP contribution in [0.25, 0.3) is 0 Å². The fraction of sp³-hybridized carbons (Fsp3) is 0.600. The number of hydrogen-bond acceptors (Lipinski definition) is 2. The third kappa shape index (κ3) is 2.79. The van der Waals surface area contributed by atoms with Gasteiger partial charge in [0, 0.05) is 20.8 Å². The molecule has 0 radical (unpaired) electrons. The number of hydrogen-bond donors (Lipinski definition) is 1. The number of nitrogens with one attached hydrogen (secondary N) is 1. The maximum atomic E-state index is 3.53. The minimum atomic E-state index is 0.976. The molecule has 1 aromatic rings. The molecule has 0 spiro atoms. The van der Waals surface area contributed by atoms with E-state index in [1.807, 2.05) is 11.3 Å². The topological polar surface area (TPSA) is 12.0 Å². The van der Waals surface area contributed by atoms with Crippen LogP contribution in [0, 0.1) is 12.8 Å². The summed E-state index contributed by atoms with van der Waals surface area (Å²) in [7, 11) is 0. The molecule has 13 heavy (non-hydrogen) atoms. The molecule has 1 aromatic heterocycles. The molecule has 0 bridgehead atoms. The Morgan fingerprint density at radius 3 is 2.92 bits per heavy atom. The average Bonchev–Trinajstić information content (AvgIpc) is 2.82. The van der Waals surface area contributed by atoms with Crippen molar-refractivity contribution in [1.82, 2.24) is 5.32 Å². The van der Waals surface area contributed by atoms with Crippen LogP contribution in [0.2, 0.25) is 0 Å². The monoisotopic (exact) mass is 259 g/mol. The van der Waals surface area contributed by atoms with E-state index >= 15 is 0 Å². The van der Waals surface area contributed by atoms with E-state index in [2.05, 4.69) is 34.2 Å². The standard InChI is InChI=1S/C10H14BrNS/c1-7-10(11)4-9(13-7)6-12-5-8-2-3-8/h4,8,12H,2-3,5-6H2,1H3. The van der Waals surface area contributed by atoms with Gasteiger partial charge in [-0.1, -0.05) is 0 Å². The molecule has 2 rings (SSSR count). The molecule has 0 amide bonds. The fourth-order valence-corrected chi connectivity index (χ4v) is 2.90. The molecular formula is C10H14BrNS. The van der Waals surface area contributed by atoms with E-state index in [1.54, 1.807) is 0 Å². The van der Waals surface area contributed by atoms with E-state index in [0.29, 0.717) is 0 Å². The summed E-state index contributed by atoms with van der Waals surface area (Å²) in [6.07, 6.45) is 2.86. The van der Waals surface area contributed by atoms with Gasteiger partial charge in [-0.3, -0.25) is 0 Å². The largest absolute Gasteiger partial charge is 0.312 e. The zero-order chi connectivity index (χ0) is 9.26. The predicted molar refractivity (Wildman–Crippen MR) is 61.2 cm³/mol. The lowest BCUT2D eigenvalue weighted by Crippen LogP contribution is -2.15. The smallest absolute Gasteiger partial charge is 0.0314 e. The molecule has 0 aliphatic heterocycles. The molecule has 1 aliphatic rings. The first-order chi connectivity index (χ1) is 6.25. The van der Waals surface area contributed by atoms with Gasteiger partial charge in [-0.25, -0.2) is 0 Å². The Kier molecular flexibility index (Phi) is 3.06. The number of thiophene rings is 1. The number of halogens is 1. The van der Waals surface area contributed by atoms with Crippen LogP contribution >= 0.6 is 27.3 Å². The lowest BCUT2D eigenvalue weighted by atomic mass is 10.4. The minimum Gasteiger partial charge on any atom is -0.312 e. The first-order valence-electron chi connectivity index (χ1n) is 4.71. The summed E-state index contributed by atoms with van der Waals surface area (Å²) in [4.78, 5) is 2.81. The Morgan fingerprint density at radius 1 is 1.62 bits per heavy atom. The van der Waals surface area contributed by atoms with Crippen LogP contribution in [0.15, 0.2) is 10.5 Å². The predicted octanol–water partition coefficient (Wildman–Crippen LogP) is 3.32. The zero-order valence-corrected chi connectivity index (χ0v) is 10.2. The first kappa shape index (κ1) is 9.69. The average molecular weight is 260 g/mol. The molecule has 72 valence electrons. The Bertz CT molecular complexity index is 272. The zero-order valence-electron chi connectivity index (χ0n) is 7.77.